The number of nitrogens with zero attached hydrogens (tertiary/aromatic N) is 2. The van der Waals surface area contributed by atoms with E-state index in [1.807, 2.05) is 4.90 Å². The fourth-order valence-electron chi connectivity index (χ4n) is 5.09. The van der Waals surface area contributed by atoms with Crippen LogP contribution in [0.3, 0.4) is 0 Å². The fraction of sp³-hybridized carbons (Fsp3) is 0.842. The van der Waals surface area contributed by atoms with Gasteiger partial charge in [-0.3, -0.25) is 19.3 Å². The molecule has 4 heterocycles. The Balaban J connectivity index is 1.26. The Hall–Kier alpha value is -1.47. The summed E-state index contributed by atoms with van der Waals surface area (Å²) in [4.78, 5) is 41.0. The van der Waals surface area contributed by atoms with Crippen LogP contribution in [0.4, 0.5) is 0 Å². The molecule has 4 saturated heterocycles. The van der Waals surface area contributed by atoms with Crippen LogP contribution >= 0.6 is 0 Å². The van der Waals surface area contributed by atoms with E-state index in [0.29, 0.717) is 5.92 Å². The van der Waals surface area contributed by atoms with Crippen LogP contribution in [-0.4, -0.2) is 72.5 Å². The number of amides is 3. The van der Waals surface area contributed by atoms with E-state index in [2.05, 4.69) is 12.2 Å². The maximum absolute atomic E-state index is 12.6. The minimum atomic E-state index is -0.293. The minimum absolute atomic E-state index is 0.0591. The Morgan fingerprint density at radius 2 is 1.69 bits per heavy atom. The number of fused-ring (bicyclic) bond motifs is 5. The van der Waals surface area contributed by atoms with Crippen LogP contribution in [0.1, 0.15) is 39.0 Å². The fourth-order valence-corrected chi connectivity index (χ4v) is 5.09. The van der Waals surface area contributed by atoms with Crippen molar-refractivity contribution >= 4 is 17.7 Å². The van der Waals surface area contributed by atoms with Crippen molar-refractivity contribution in [1.82, 2.24) is 15.1 Å². The predicted molar refractivity (Wildman–Crippen MR) is 94.1 cm³/mol. The topological polar surface area (TPSA) is 79.0 Å². The second-order valence-corrected chi connectivity index (χ2v) is 8.05. The van der Waals surface area contributed by atoms with E-state index >= 15 is 0 Å². The summed E-state index contributed by atoms with van der Waals surface area (Å²) < 4.78 is 5.74. The van der Waals surface area contributed by atoms with Crippen LogP contribution in [0.5, 0.6) is 0 Å². The molecule has 26 heavy (non-hydrogen) atoms. The molecule has 4 unspecified atom stereocenters. The highest BCUT2D eigenvalue weighted by Gasteiger charge is 2.62. The molecule has 0 aromatic heterocycles. The lowest BCUT2D eigenvalue weighted by molar-refractivity contribution is -0.143. The highest BCUT2D eigenvalue weighted by molar-refractivity contribution is 6.06. The number of likely N-dealkylation sites (tertiary alicyclic amines) is 2. The standard InChI is InChI=1S/C19H29N3O4/c1-2-20-11-12-5-8-21(9-6-12)15(23)7-10-22-18(24)16-13-3-4-14(26-13)17(16)19(22)25/h12-14,16-17,20H,2-11H2,1H3. The number of carbonyl (C=O) groups excluding carboxylic acids is 3. The molecule has 4 fully saturated rings. The van der Waals surface area contributed by atoms with E-state index in [9.17, 15) is 14.4 Å². The van der Waals surface area contributed by atoms with Gasteiger partial charge >= 0.3 is 0 Å². The molecule has 3 amide bonds. The smallest absolute Gasteiger partial charge is 0.235 e. The van der Waals surface area contributed by atoms with Crippen LogP contribution in [0.25, 0.3) is 0 Å². The summed E-state index contributed by atoms with van der Waals surface area (Å²) in [6.07, 6.45) is 3.86. The molecule has 0 saturated carbocycles. The highest BCUT2D eigenvalue weighted by Crippen LogP contribution is 2.48. The van der Waals surface area contributed by atoms with Gasteiger partial charge in [0, 0.05) is 26.1 Å². The van der Waals surface area contributed by atoms with Crippen molar-refractivity contribution in [2.75, 3.05) is 32.7 Å². The number of carbonyl (C=O) groups is 3. The largest absolute Gasteiger partial charge is 0.373 e. The van der Waals surface area contributed by atoms with E-state index in [1.54, 1.807) is 0 Å². The summed E-state index contributed by atoms with van der Waals surface area (Å²) in [5, 5.41) is 3.37. The first-order valence-corrected chi connectivity index (χ1v) is 10.1. The molecular formula is C19H29N3O4. The molecule has 1 N–H and O–H groups in total. The normalized spacial score (nSPS) is 34.0. The second kappa shape index (κ2) is 7.27. The third-order valence-corrected chi connectivity index (χ3v) is 6.58. The molecule has 4 aliphatic rings. The van der Waals surface area contributed by atoms with Crippen molar-refractivity contribution in [1.29, 1.82) is 0 Å². The summed E-state index contributed by atoms with van der Waals surface area (Å²) in [5.41, 5.74) is 0. The van der Waals surface area contributed by atoms with Gasteiger partial charge in [0.05, 0.1) is 24.0 Å². The molecule has 7 heteroatoms. The summed E-state index contributed by atoms with van der Waals surface area (Å²) in [6, 6.07) is 0. The maximum Gasteiger partial charge on any atom is 0.235 e. The van der Waals surface area contributed by atoms with Crippen LogP contribution in [-0.2, 0) is 19.1 Å². The highest BCUT2D eigenvalue weighted by atomic mass is 16.5. The zero-order valence-corrected chi connectivity index (χ0v) is 15.5. The van der Waals surface area contributed by atoms with Crippen molar-refractivity contribution in [3.63, 3.8) is 0 Å². The quantitative estimate of drug-likeness (QED) is 0.691. The van der Waals surface area contributed by atoms with Crippen LogP contribution < -0.4 is 5.32 Å². The number of piperidine rings is 1. The Kier molecular flexibility index (Phi) is 5.01. The molecule has 2 bridgehead atoms. The van der Waals surface area contributed by atoms with E-state index in [1.165, 1.54) is 4.90 Å². The van der Waals surface area contributed by atoms with Gasteiger partial charge in [0.15, 0.2) is 0 Å². The van der Waals surface area contributed by atoms with Gasteiger partial charge in [-0.1, -0.05) is 6.92 Å². The van der Waals surface area contributed by atoms with Gasteiger partial charge < -0.3 is 15.0 Å². The molecule has 0 spiro atoms. The molecule has 4 atom stereocenters. The van der Waals surface area contributed by atoms with Gasteiger partial charge in [0.2, 0.25) is 17.7 Å². The number of rotatable bonds is 6. The van der Waals surface area contributed by atoms with Gasteiger partial charge in [-0.25, -0.2) is 0 Å². The van der Waals surface area contributed by atoms with Crippen molar-refractivity contribution in [3.8, 4) is 0 Å². The average Bonchev–Trinajstić information content (AvgIpc) is 3.33. The predicted octanol–water partition coefficient (Wildman–Crippen LogP) is 0.387. The molecule has 0 aromatic rings. The first-order valence-electron chi connectivity index (χ1n) is 10.1. The van der Waals surface area contributed by atoms with Crippen molar-refractivity contribution < 1.29 is 19.1 Å². The minimum Gasteiger partial charge on any atom is -0.373 e. The Morgan fingerprint density at radius 3 is 2.27 bits per heavy atom. The second-order valence-electron chi connectivity index (χ2n) is 8.05. The first kappa shape index (κ1) is 17.9. The van der Waals surface area contributed by atoms with Crippen molar-refractivity contribution in [3.05, 3.63) is 0 Å². The summed E-state index contributed by atoms with van der Waals surface area (Å²) >= 11 is 0. The molecular weight excluding hydrogens is 334 g/mol. The maximum atomic E-state index is 12.6. The lowest BCUT2D eigenvalue weighted by Crippen LogP contribution is -2.43. The number of imide groups is 1. The van der Waals surface area contributed by atoms with Gasteiger partial charge in [-0.2, -0.15) is 0 Å². The van der Waals surface area contributed by atoms with E-state index in [-0.39, 0.29) is 54.7 Å². The molecule has 4 rings (SSSR count). The molecule has 0 radical (unpaired) electrons. The summed E-state index contributed by atoms with van der Waals surface area (Å²) in [7, 11) is 0. The number of ether oxygens (including phenoxy) is 1. The molecule has 7 nitrogen and oxygen atoms in total. The summed E-state index contributed by atoms with van der Waals surface area (Å²) in [5.74, 6) is -0.135. The number of nitrogens with one attached hydrogen (secondary N) is 1. The van der Waals surface area contributed by atoms with Gasteiger partial charge in [0.1, 0.15) is 0 Å². The Labute approximate surface area is 154 Å². The van der Waals surface area contributed by atoms with E-state index in [0.717, 1.165) is 51.9 Å². The lowest BCUT2D eigenvalue weighted by Gasteiger charge is -2.32. The first-order chi connectivity index (χ1) is 12.6. The third kappa shape index (κ3) is 3.05. The van der Waals surface area contributed by atoms with Gasteiger partial charge in [-0.05, 0) is 44.7 Å². The SMILES string of the molecule is CCNCC1CCN(C(=O)CCN2C(=O)C3C4CCC(O4)C3C2=O)CC1. The average molecular weight is 363 g/mol. The monoisotopic (exact) mass is 363 g/mol. The van der Waals surface area contributed by atoms with Crippen LogP contribution in [0.15, 0.2) is 0 Å². The van der Waals surface area contributed by atoms with Crippen LogP contribution in [0, 0.1) is 17.8 Å². The van der Waals surface area contributed by atoms with Crippen LogP contribution in [0.2, 0.25) is 0 Å². The van der Waals surface area contributed by atoms with Crippen molar-refractivity contribution in [2.24, 2.45) is 17.8 Å². The zero-order chi connectivity index (χ0) is 18.3. The Morgan fingerprint density at radius 1 is 1.08 bits per heavy atom. The third-order valence-electron chi connectivity index (χ3n) is 6.58. The molecule has 4 aliphatic heterocycles. The van der Waals surface area contributed by atoms with Gasteiger partial charge in [-0.15, -0.1) is 0 Å². The van der Waals surface area contributed by atoms with Gasteiger partial charge in [0.25, 0.3) is 0 Å². The summed E-state index contributed by atoms with van der Waals surface area (Å²) in [6.45, 7) is 5.87. The number of hydrogen-bond donors (Lipinski definition) is 1. The number of hydrogen-bond acceptors (Lipinski definition) is 5. The Bertz CT molecular complexity index is 559. The molecule has 0 aromatic carbocycles. The molecule has 144 valence electrons. The lowest BCUT2D eigenvalue weighted by atomic mass is 9.81. The molecule has 0 aliphatic carbocycles. The van der Waals surface area contributed by atoms with E-state index in [4.69, 9.17) is 4.74 Å². The zero-order valence-electron chi connectivity index (χ0n) is 15.5. The van der Waals surface area contributed by atoms with Crippen molar-refractivity contribution in [2.45, 2.75) is 51.2 Å². The van der Waals surface area contributed by atoms with E-state index < -0.39 is 0 Å².